The normalized spacial score (nSPS) is 19.7. The molecular weight excluding hydrogens is 594 g/mol. The van der Waals surface area contributed by atoms with Gasteiger partial charge in [-0.2, -0.15) is 0 Å². The minimum atomic E-state index is -0.298. The molecule has 0 bridgehead atoms. The molecule has 1 fully saturated rings. The molecule has 248 valence electrons. The number of hydrogen-bond donors (Lipinski definition) is 0. The number of hydrogen-bond acceptors (Lipinski definition) is 5. The van der Waals surface area contributed by atoms with Gasteiger partial charge in [0, 0.05) is 6.54 Å². The van der Waals surface area contributed by atoms with E-state index in [2.05, 4.69) is 132 Å². The standard InChI is InChI=1S/C43H47NO4/c1-6-17-35(18-7-1)27-16-28-44-29-41(46-31-37-21-10-3-11-22-37)43(48-33-39-25-14-5-15-26-39)42(47-32-38-23-12-4-13-24-38)40(44)34-45-30-36-19-8-2-9-20-36/h1-15,17-26,40-43H,16,27-34H2. The Labute approximate surface area is 286 Å². The summed E-state index contributed by atoms with van der Waals surface area (Å²) in [6, 6.07) is 52.2. The summed E-state index contributed by atoms with van der Waals surface area (Å²) < 4.78 is 27.1. The third-order valence-electron chi connectivity index (χ3n) is 8.98. The maximum atomic E-state index is 6.94. The minimum absolute atomic E-state index is 0.0226. The molecule has 1 saturated heterocycles. The number of piperidine rings is 1. The molecule has 0 aromatic heterocycles. The molecule has 4 unspecified atom stereocenters. The van der Waals surface area contributed by atoms with E-state index in [1.807, 2.05) is 24.3 Å². The number of nitrogens with zero attached hydrogens (tertiary/aromatic N) is 1. The quantitative estimate of drug-likeness (QED) is 0.102. The predicted molar refractivity (Wildman–Crippen MR) is 191 cm³/mol. The van der Waals surface area contributed by atoms with E-state index in [1.54, 1.807) is 0 Å². The lowest BCUT2D eigenvalue weighted by atomic mass is 9.92. The highest BCUT2D eigenvalue weighted by molar-refractivity contribution is 5.17. The van der Waals surface area contributed by atoms with Gasteiger partial charge in [-0.05, 0) is 47.2 Å². The Morgan fingerprint density at radius 2 is 0.875 bits per heavy atom. The molecule has 0 N–H and O–H groups in total. The van der Waals surface area contributed by atoms with Crippen molar-refractivity contribution in [2.75, 3.05) is 19.7 Å². The Bertz CT molecular complexity index is 1570. The molecule has 0 aliphatic carbocycles. The van der Waals surface area contributed by atoms with E-state index >= 15 is 0 Å². The molecule has 0 amide bonds. The van der Waals surface area contributed by atoms with E-state index in [1.165, 1.54) is 5.56 Å². The fraction of sp³-hybridized carbons (Fsp3) is 0.302. The summed E-state index contributed by atoms with van der Waals surface area (Å²) in [6.45, 7) is 4.17. The highest BCUT2D eigenvalue weighted by Gasteiger charge is 2.46. The fourth-order valence-electron chi connectivity index (χ4n) is 6.44. The van der Waals surface area contributed by atoms with Crippen LogP contribution in [0.25, 0.3) is 0 Å². The van der Waals surface area contributed by atoms with Gasteiger partial charge in [-0.25, -0.2) is 0 Å². The highest BCUT2D eigenvalue weighted by atomic mass is 16.6. The predicted octanol–water partition coefficient (Wildman–Crippen LogP) is 8.28. The van der Waals surface area contributed by atoms with Crippen molar-refractivity contribution in [3.63, 3.8) is 0 Å². The molecule has 1 heterocycles. The fourth-order valence-corrected chi connectivity index (χ4v) is 6.44. The molecule has 1 aliphatic rings. The summed E-state index contributed by atoms with van der Waals surface area (Å²) in [7, 11) is 0. The van der Waals surface area contributed by atoms with Crippen molar-refractivity contribution in [1.82, 2.24) is 4.90 Å². The van der Waals surface area contributed by atoms with E-state index < -0.39 is 0 Å². The Balaban J connectivity index is 1.28. The molecule has 0 radical (unpaired) electrons. The lowest BCUT2D eigenvalue weighted by molar-refractivity contribution is -0.210. The second-order valence-corrected chi connectivity index (χ2v) is 12.5. The average molecular weight is 642 g/mol. The molecule has 1 aliphatic heterocycles. The van der Waals surface area contributed by atoms with Gasteiger partial charge in [0.05, 0.1) is 45.2 Å². The van der Waals surface area contributed by atoms with Crippen LogP contribution < -0.4 is 0 Å². The smallest absolute Gasteiger partial charge is 0.113 e. The zero-order chi connectivity index (χ0) is 32.6. The van der Waals surface area contributed by atoms with Gasteiger partial charge in [-0.15, -0.1) is 0 Å². The van der Waals surface area contributed by atoms with Crippen molar-refractivity contribution in [1.29, 1.82) is 0 Å². The molecule has 48 heavy (non-hydrogen) atoms. The summed E-state index contributed by atoms with van der Waals surface area (Å²) >= 11 is 0. The largest absolute Gasteiger partial charge is 0.375 e. The molecule has 5 aromatic rings. The lowest BCUT2D eigenvalue weighted by Crippen LogP contribution is -2.64. The van der Waals surface area contributed by atoms with Gasteiger partial charge in [0.1, 0.15) is 12.2 Å². The number of aryl methyl sites for hydroxylation is 1. The molecule has 0 spiro atoms. The highest BCUT2D eigenvalue weighted by Crippen LogP contribution is 2.30. The van der Waals surface area contributed by atoms with Crippen LogP contribution in [0.3, 0.4) is 0 Å². The first-order valence-corrected chi connectivity index (χ1v) is 17.2. The topological polar surface area (TPSA) is 40.2 Å². The van der Waals surface area contributed by atoms with Gasteiger partial charge in [0.2, 0.25) is 0 Å². The maximum absolute atomic E-state index is 6.94. The summed E-state index contributed by atoms with van der Waals surface area (Å²) in [6.07, 6.45) is 1.25. The third-order valence-corrected chi connectivity index (χ3v) is 8.98. The van der Waals surface area contributed by atoms with Crippen LogP contribution in [0.5, 0.6) is 0 Å². The first kappa shape index (κ1) is 33.8. The van der Waals surface area contributed by atoms with Gasteiger partial charge >= 0.3 is 0 Å². The van der Waals surface area contributed by atoms with Crippen LogP contribution in [-0.4, -0.2) is 49.0 Å². The average Bonchev–Trinajstić information content (AvgIpc) is 3.15. The van der Waals surface area contributed by atoms with Gasteiger partial charge in [0.15, 0.2) is 0 Å². The molecule has 5 heteroatoms. The molecule has 0 saturated carbocycles. The van der Waals surface area contributed by atoms with Crippen LogP contribution in [0.15, 0.2) is 152 Å². The number of benzene rings is 5. The van der Waals surface area contributed by atoms with Crippen molar-refractivity contribution >= 4 is 0 Å². The van der Waals surface area contributed by atoms with E-state index in [4.69, 9.17) is 18.9 Å². The zero-order valence-corrected chi connectivity index (χ0v) is 27.7. The van der Waals surface area contributed by atoms with Crippen molar-refractivity contribution in [3.8, 4) is 0 Å². The van der Waals surface area contributed by atoms with Crippen LogP contribution in [-0.2, 0) is 51.8 Å². The SMILES string of the molecule is c1ccc(CCCN2CC(OCc3ccccc3)C(OCc3ccccc3)C(OCc3ccccc3)C2COCc2ccccc2)cc1. The molecule has 6 rings (SSSR count). The third kappa shape index (κ3) is 10.2. The lowest BCUT2D eigenvalue weighted by Gasteiger charge is -2.48. The van der Waals surface area contributed by atoms with Crippen molar-refractivity contribution < 1.29 is 18.9 Å². The van der Waals surface area contributed by atoms with Gasteiger partial charge in [0.25, 0.3) is 0 Å². The Morgan fingerprint density at radius 1 is 0.458 bits per heavy atom. The van der Waals surface area contributed by atoms with E-state index in [-0.39, 0.29) is 24.4 Å². The summed E-state index contributed by atoms with van der Waals surface area (Å²) in [4.78, 5) is 2.53. The van der Waals surface area contributed by atoms with Gasteiger partial charge in [-0.3, -0.25) is 4.90 Å². The van der Waals surface area contributed by atoms with Gasteiger partial charge in [-0.1, -0.05) is 152 Å². The molecule has 5 aromatic carbocycles. The minimum Gasteiger partial charge on any atom is -0.375 e. The van der Waals surface area contributed by atoms with Gasteiger partial charge < -0.3 is 18.9 Å². The molecule has 4 atom stereocenters. The Morgan fingerprint density at radius 3 is 1.38 bits per heavy atom. The summed E-state index contributed by atoms with van der Waals surface area (Å²) in [5, 5.41) is 0. The summed E-state index contributed by atoms with van der Waals surface area (Å²) in [5.74, 6) is 0. The van der Waals surface area contributed by atoms with Crippen molar-refractivity contribution in [2.24, 2.45) is 0 Å². The second-order valence-electron chi connectivity index (χ2n) is 12.5. The number of likely N-dealkylation sites (tertiary alicyclic amines) is 1. The Kier molecular flexibility index (Phi) is 13.0. The van der Waals surface area contributed by atoms with Crippen molar-refractivity contribution in [3.05, 3.63) is 179 Å². The monoisotopic (exact) mass is 641 g/mol. The van der Waals surface area contributed by atoms with Crippen LogP contribution in [0.1, 0.15) is 34.2 Å². The van der Waals surface area contributed by atoms with E-state index in [9.17, 15) is 0 Å². The maximum Gasteiger partial charge on any atom is 0.113 e. The second kappa shape index (κ2) is 18.4. The first-order valence-electron chi connectivity index (χ1n) is 17.2. The Hall–Kier alpha value is -4.10. The molecular formula is C43H47NO4. The van der Waals surface area contributed by atoms with E-state index in [0.717, 1.165) is 48.2 Å². The van der Waals surface area contributed by atoms with Crippen LogP contribution in [0.2, 0.25) is 0 Å². The molecule has 5 nitrogen and oxygen atoms in total. The zero-order valence-electron chi connectivity index (χ0n) is 27.7. The van der Waals surface area contributed by atoms with E-state index in [0.29, 0.717) is 33.0 Å². The van der Waals surface area contributed by atoms with Crippen molar-refractivity contribution in [2.45, 2.75) is 63.6 Å². The summed E-state index contributed by atoms with van der Waals surface area (Å²) in [5.41, 5.74) is 5.91. The van der Waals surface area contributed by atoms with Crippen LogP contribution >= 0.6 is 0 Å². The van der Waals surface area contributed by atoms with Crippen LogP contribution in [0.4, 0.5) is 0 Å². The van der Waals surface area contributed by atoms with Crippen LogP contribution in [0, 0.1) is 0 Å². The first-order chi connectivity index (χ1) is 23.8. The number of rotatable bonds is 17. The number of ether oxygens (including phenoxy) is 4.